The first-order valence-electron chi connectivity index (χ1n) is 7.32. The van der Waals surface area contributed by atoms with Crippen molar-refractivity contribution < 1.29 is 18.4 Å². The number of hydrogen-bond acceptors (Lipinski definition) is 4. The van der Waals surface area contributed by atoms with Crippen molar-refractivity contribution in [2.24, 2.45) is 0 Å². The second-order valence-corrected chi connectivity index (χ2v) is 10.9. The van der Waals surface area contributed by atoms with Crippen molar-refractivity contribution in [2.75, 3.05) is 7.11 Å². The minimum absolute atomic E-state index is 0.0251. The van der Waals surface area contributed by atoms with Crippen molar-refractivity contribution >= 4 is 18.2 Å². The molecule has 6 heteroatoms. The molecule has 0 spiro atoms. The normalized spacial score (nSPS) is 54.2. The topological polar surface area (TPSA) is 63.6 Å². The zero-order valence-electron chi connectivity index (χ0n) is 11.4. The second kappa shape index (κ2) is 4.94. The van der Waals surface area contributed by atoms with Crippen LogP contribution in [0.25, 0.3) is 0 Å². The highest BCUT2D eigenvalue weighted by atomic mass is 32.2. The summed E-state index contributed by atoms with van der Waals surface area (Å²) in [5, 5.41) is 9.34. The van der Waals surface area contributed by atoms with Crippen molar-refractivity contribution in [1.82, 2.24) is 0 Å². The highest BCUT2D eigenvalue weighted by Crippen LogP contribution is 2.72. The highest BCUT2D eigenvalue weighted by Gasteiger charge is 2.65. The molecule has 0 amide bonds. The second-order valence-electron chi connectivity index (χ2n) is 6.11. The molecule has 110 valence electrons. The molecule has 0 aromatic carbocycles. The molecule has 6 atom stereocenters. The molecule has 0 radical (unpaired) electrons. The third-order valence-electron chi connectivity index (χ3n) is 5.27. The summed E-state index contributed by atoms with van der Waals surface area (Å²) in [7, 11) is -2.74. The molecule has 4 nitrogen and oxygen atoms in total. The zero-order valence-corrected chi connectivity index (χ0v) is 13.1. The Morgan fingerprint density at radius 1 is 1.21 bits per heavy atom. The Morgan fingerprint density at radius 2 is 1.89 bits per heavy atom. The number of aliphatic hydroxyl groups is 1. The fourth-order valence-electron chi connectivity index (χ4n) is 4.29. The Kier molecular flexibility index (Phi) is 3.70. The minimum atomic E-state index is -3.14. The fourth-order valence-corrected chi connectivity index (χ4v) is 11.3. The summed E-state index contributed by atoms with van der Waals surface area (Å²) in [6.45, 7) is 0. The van der Waals surface area contributed by atoms with Crippen LogP contribution in [0, 0.1) is 0 Å². The third kappa shape index (κ3) is 1.85. The average Bonchev–Trinajstić information content (AvgIpc) is 2.45. The van der Waals surface area contributed by atoms with Gasteiger partial charge in [0, 0.05) is 23.2 Å². The van der Waals surface area contributed by atoms with Crippen LogP contribution >= 0.6 is 7.37 Å². The molecule has 1 saturated heterocycles. The van der Waals surface area contributed by atoms with Crippen LogP contribution in [0.3, 0.4) is 0 Å². The van der Waals surface area contributed by atoms with E-state index in [1.807, 2.05) is 0 Å². The number of rotatable bonds is 1. The molecule has 3 aliphatic rings. The maximum atomic E-state index is 13.4. The van der Waals surface area contributed by atoms with Gasteiger partial charge in [0.2, 0.25) is 7.37 Å². The summed E-state index contributed by atoms with van der Waals surface area (Å²) in [4.78, 5) is 0. The quantitative estimate of drug-likeness (QED) is 0.756. The molecule has 3 rings (SSSR count). The number of hydrogen-bond donors (Lipinski definition) is 1. The number of fused-ring (bicyclic) bond motifs is 2. The van der Waals surface area contributed by atoms with Gasteiger partial charge in [0.15, 0.2) is 5.34 Å². The van der Waals surface area contributed by atoms with Crippen LogP contribution in [0.2, 0.25) is 0 Å². The summed E-state index contributed by atoms with van der Waals surface area (Å²) in [6, 6.07) is 0. The van der Waals surface area contributed by atoms with Crippen LogP contribution in [-0.2, 0) is 19.9 Å². The molecule has 3 fully saturated rings. The molecule has 6 unspecified atom stereocenters. The van der Waals surface area contributed by atoms with Gasteiger partial charge in [0.25, 0.3) is 0 Å². The Hall–Kier alpha value is 0.300. The maximum Gasteiger partial charge on any atom is 0.238 e. The van der Waals surface area contributed by atoms with Crippen LogP contribution in [-0.4, -0.2) is 37.9 Å². The molecule has 2 aliphatic carbocycles. The Labute approximate surface area is 117 Å². The van der Waals surface area contributed by atoms with E-state index in [4.69, 9.17) is 4.52 Å². The Morgan fingerprint density at radius 3 is 2.63 bits per heavy atom. The molecule has 1 N–H and O–H groups in total. The Bertz CT molecular complexity index is 440. The molecular formula is C13H23O4PS. The monoisotopic (exact) mass is 306 g/mol. The molecule has 0 aromatic rings. The summed E-state index contributed by atoms with van der Waals surface area (Å²) < 4.78 is 31.6. The van der Waals surface area contributed by atoms with Crippen LogP contribution in [0.5, 0.6) is 0 Å². The zero-order chi connectivity index (χ0) is 13.7. The van der Waals surface area contributed by atoms with Crippen LogP contribution in [0.1, 0.15) is 51.4 Å². The van der Waals surface area contributed by atoms with Gasteiger partial charge in [-0.05, 0) is 32.1 Å². The lowest BCUT2D eigenvalue weighted by Gasteiger charge is -2.53. The predicted molar refractivity (Wildman–Crippen MR) is 76.0 cm³/mol. The van der Waals surface area contributed by atoms with Gasteiger partial charge in [-0.2, -0.15) is 0 Å². The minimum Gasteiger partial charge on any atom is -0.378 e. The van der Waals surface area contributed by atoms with E-state index < -0.39 is 23.5 Å². The van der Waals surface area contributed by atoms with Crippen molar-refractivity contribution in [1.29, 1.82) is 0 Å². The fraction of sp³-hybridized carbons (Fsp3) is 1.00. The van der Waals surface area contributed by atoms with E-state index in [0.29, 0.717) is 6.42 Å². The first-order valence-corrected chi connectivity index (χ1v) is 10.3. The molecule has 19 heavy (non-hydrogen) atoms. The predicted octanol–water partition coefficient (Wildman–Crippen LogP) is 2.62. The summed E-state index contributed by atoms with van der Waals surface area (Å²) in [5.74, 6) is 0. The Balaban J connectivity index is 2.08. The lowest BCUT2D eigenvalue weighted by atomic mass is 9.96. The molecule has 0 aromatic heterocycles. The first kappa shape index (κ1) is 14.2. The van der Waals surface area contributed by atoms with Gasteiger partial charge < -0.3 is 9.63 Å². The average molecular weight is 306 g/mol. The molecular weight excluding hydrogens is 283 g/mol. The van der Waals surface area contributed by atoms with Gasteiger partial charge in [0.1, 0.15) is 0 Å². The molecule has 1 aliphatic heterocycles. The van der Waals surface area contributed by atoms with E-state index in [2.05, 4.69) is 0 Å². The van der Waals surface area contributed by atoms with Crippen LogP contribution < -0.4 is 0 Å². The third-order valence-corrected chi connectivity index (χ3v) is 11.6. The van der Waals surface area contributed by atoms with Crippen molar-refractivity contribution in [3.63, 3.8) is 0 Å². The van der Waals surface area contributed by atoms with Crippen molar-refractivity contribution in [2.45, 2.75) is 72.9 Å². The van der Waals surface area contributed by atoms with Gasteiger partial charge in [-0.1, -0.05) is 19.3 Å². The SMILES string of the molecule is COP1(=O)C2CCCCC2S(=O)C2CCCCC21O. The largest absolute Gasteiger partial charge is 0.378 e. The van der Waals surface area contributed by atoms with Crippen LogP contribution in [0.15, 0.2) is 0 Å². The van der Waals surface area contributed by atoms with E-state index in [9.17, 15) is 13.9 Å². The van der Waals surface area contributed by atoms with Gasteiger partial charge >= 0.3 is 0 Å². The molecule has 2 saturated carbocycles. The molecule has 0 bridgehead atoms. The van der Waals surface area contributed by atoms with Gasteiger partial charge in [-0.3, -0.25) is 8.77 Å². The summed E-state index contributed by atoms with van der Waals surface area (Å²) in [5.41, 5.74) is -0.188. The standard InChI is InChI=1S/C13H23O4PS/c1-17-18(15)10-6-2-3-7-11(10)19(16)12-8-4-5-9-13(12,18)14/h10-12,14H,2-9H2,1H3. The van der Waals surface area contributed by atoms with Crippen molar-refractivity contribution in [3.8, 4) is 0 Å². The van der Waals surface area contributed by atoms with E-state index in [1.54, 1.807) is 0 Å². The summed E-state index contributed by atoms with van der Waals surface area (Å²) >= 11 is 0. The molecule has 1 heterocycles. The van der Waals surface area contributed by atoms with E-state index in [1.165, 1.54) is 7.11 Å². The van der Waals surface area contributed by atoms with E-state index in [0.717, 1.165) is 44.9 Å². The highest BCUT2D eigenvalue weighted by molar-refractivity contribution is 7.88. The first-order chi connectivity index (χ1) is 9.04. The summed E-state index contributed by atoms with van der Waals surface area (Å²) in [6.07, 6.45) is 6.76. The van der Waals surface area contributed by atoms with Gasteiger partial charge in [-0.15, -0.1) is 0 Å². The van der Waals surface area contributed by atoms with Crippen LogP contribution in [0.4, 0.5) is 0 Å². The smallest absolute Gasteiger partial charge is 0.238 e. The lowest BCUT2D eigenvalue weighted by Crippen LogP contribution is -2.58. The van der Waals surface area contributed by atoms with E-state index in [-0.39, 0.29) is 16.2 Å². The van der Waals surface area contributed by atoms with Gasteiger partial charge in [-0.25, -0.2) is 0 Å². The maximum absolute atomic E-state index is 13.4. The van der Waals surface area contributed by atoms with Gasteiger partial charge in [0.05, 0.1) is 10.9 Å². The van der Waals surface area contributed by atoms with E-state index >= 15 is 0 Å². The van der Waals surface area contributed by atoms with Crippen molar-refractivity contribution in [3.05, 3.63) is 0 Å². The lowest BCUT2D eigenvalue weighted by molar-refractivity contribution is 0.0647.